The molecule has 1 aromatic heterocycles. The van der Waals surface area contributed by atoms with Crippen LogP contribution in [0, 0.1) is 27.7 Å². The molecule has 0 radical (unpaired) electrons. The molecule has 4 heteroatoms. The van der Waals surface area contributed by atoms with Crippen molar-refractivity contribution in [1.82, 2.24) is 9.55 Å². The van der Waals surface area contributed by atoms with Crippen LogP contribution in [0.2, 0.25) is 0 Å². The predicted molar refractivity (Wildman–Crippen MR) is 80.8 cm³/mol. The third-order valence-electron chi connectivity index (χ3n) is 3.53. The molecule has 106 valence electrons. The maximum atomic E-state index is 12.0. The van der Waals surface area contributed by atoms with Gasteiger partial charge in [-0.2, -0.15) is 0 Å². The van der Waals surface area contributed by atoms with E-state index < -0.39 is 0 Å². The highest BCUT2D eigenvalue weighted by atomic mass is 16.1. The Hall–Kier alpha value is -1.94. The van der Waals surface area contributed by atoms with E-state index in [1.165, 1.54) is 5.56 Å². The van der Waals surface area contributed by atoms with Crippen LogP contribution in [-0.2, 0) is 6.54 Å². The second-order valence-corrected chi connectivity index (χ2v) is 5.36. The van der Waals surface area contributed by atoms with Gasteiger partial charge < -0.3 is 5.73 Å². The minimum atomic E-state index is -0.212. The van der Waals surface area contributed by atoms with Gasteiger partial charge in [0.1, 0.15) is 5.82 Å². The highest BCUT2D eigenvalue weighted by Gasteiger charge is 2.12. The van der Waals surface area contributed by atoms with Crippen LogP contribution in [0.15, 0.2) is 29.1 Å². The fourth-order valence-electron chi connectivity index (χ4n) is 2.52. The maximum Gasteiger partial charge on any atom is 0.253 e. The minimum absolute atomic E-state index is 0.0461. The molecule has 0 amide bonds. The molecule has 0 saturated carbocycles. The third-order valence-corrected chi connectivity index (χ3v) is 3.53. The molecule has 2 aromatic rings. The Balaban J connectivity index is 2.33. The van der Waals surface area contributed by atoms with Gasteiger partial charge in [0.2, 0.25) is 0 Å². The van der Waals surface area contributed by atoms with Crippen molar-refractivity contribution in [3.63, 3.8) is 0 Å². The van der Waals surface area contributed by atoms with E-state index >= 15 is 0 Å². The van der Waals surface area contributed by atoms with Crippen LogP contribution in [0.4, 0.5) is 0 Å². The quantitative estimate of drug-likeness (QED) is 0.930. The number of benzene rings is 1. The summed E-state index contributed by atoms with van der Waals surface area (Å²) in [4.78, 5) is 16.4. The molecule has 20 heavy (non-hydrogen) atoms. The number of hydrogen-bond acceptors (Lipinski definition) is 3. The lowest BCUT2D eigenvalue weighted by Crippen LogP contribution is -2.29. The van der Waals surface area contributed by atoms with E-state index in [4.69, 9.17) is 5.73 Å². The first-order chi connectivity index (χ1) is 9.38. The molecule has 1 atom stereocenters. The van der Waals surface area contributed by atoms with Crippen LogP contribution in [0.5, 0.6) is 0 Å². The average molecular weight is 271 g/mol. The predicted octanol–water partition coefficient (Wildman–Crippen LogP) is 2.18. The molecule has 2 N–H and O–H groups in total. The summed E-state index contributed by atoms with van der Waals surface area (Å²) >= 11 is 0. The normalized spacial score (nSPS) is 12.4. The van der Waals surface area contributed by atoms with Gasteiger partial charge in [0.25, 0.3) is 5.56 Å². The molecular weight excluding hydrogens is 250 g/mol. The molecule has 1 unspecified atom stereocenters. The maximum absolute atomic E-state index is 12.0. The van der Waals surface area contributed by atoms with E-state index in [2.05, 4.69) is 18.0 Å². The van der Waals surface area contributed by atoms with Gasteiger partial charge >= 0.3 is 0 Å². The minimum Gasteiger partial charge on any atom is -0.322 e. The van der Waals surface area contributed by atoms with Gasteiger partial charge in [-0.3, -0.25) is 9.36 Å². The molecule has 1 aromatic carbocycles. The molecule has 0 aliphatic carbocycles. The highest BCUT2D eigenvalue weighted by molar-refractivity contribution is 5.32. The van der Waals surface area contributed by atoms with Gasteiger partial charge in [0.15, 0.2) is 0 Å². The summed E-state index contributed by atoms with van der Waals surface area (Å²) in [6.45, 7) is 8.21. The lowest BCUT2D eigenvalue weighted by Gasteiger charge is -2.18. The molecular formula is C16H21N3O. The Labute approximate surface area is 119 Å². The Kier molecular flexibility index (Phi) is 4.04. The standard InChI is InChI=1S/C16H21N3O/c1-10-5-6-14(11(2)7-10)15(17)9-19-13(4)18-12(3)8-16(19)20/h5-8,15H,9,17H2,1-4H3. The molecule has 4 nitrogen and oxygen atoms in total. The summed E-state index contributed by atoms with van der Waals surface area (Å²) in [7, 11) is 0. The summed E-state index contributed by atoms with van der Waals surface area (Å²) < 4.78 is 1.64. The van der Waals surface area contributed by atoms with Crippen molar-refractivity contribution < 1.29 is 0 Å². The van der Waals surface area contributed by atoms with Crippen LogP contribution in [0.25, 0.3) is 0 Å². The van der Waals surface area contributed by atoms with E-state index in [0.29, 0.717) is 12.4 Å². The zero-order valence-electron chi connectivity index (χ0n) is 12.5. The van der Waals surface area contributed by atoms with Crippen LogP contribution in [0.1, 0.15) is 34.3 Å². The van der Waals surface area contributed by atoms with Crippen molar-refractivity contribution in [2.45, 2.75) is 40.3 Å². The van der Waals surface area contributed by atoms with Crippen molar-refractivity contribution in [2.24, 2.45) is 5.73 Å². The van der Waals surface area contributed by atoms with Crippen LogP contribution in [-0.4, -0.2) is 9.55 Å². The topological polar surface area (TPSA) is 60.9 Å². The molecule has 0 saturated heterocycles. The molecule has 0 spiro atoms. The lowest BCUT2D eigenvalue weighted by molar-refractivity contribution is 0.537. The van der Waals surface area contributed by atoms with Crippen molar-refractivity contribution in [1.29, 1.82) is 0 Å². The fraction of sp³-hybridized carbons (Fsp3) is 0.375. The smallest absolute Gasteiger partial charge is 0.253 e. The van der Waals surface area contributed by atoms with Gasteiger partial charge in [-0.15, -0.1) is 0 Å². The Morgan fingerprint density at radius 2 is 1.90 bits per heavy atom. The summed E-state index contributed by atoms with van der Waals surface area (Å²) in [6, 6.07) is 7.53. The Bertz CT molecular complexity index is 689. The molecule has 0 aliphatic heterocycles. The van der Waals surface area contributed by atoms with Crippen LogP contribution in [0.3, 0.4) is 0 Å². The first-order valence-corrected chi connectivity index (χ1v) is 6.76. The van der Waals surface area contributed by atoms with Gasteiger partial charge in [-0.1, -0.05) is 23.8 Å². The van der Waals surface area contributed by atoms with Gasteiger partial charge in [-0.05, 0) is 38.8 Å². The third kappa shape index (κ3) is 2.96. The fourth-order valence-corrected chi connectivity index (χ4v) is 2.52. The van der Waals surface area contributed by atoms with E-state index in [-0.39, 0.29) is 11.6 Å². The monoisotopic (exact) mass is 271 g/mol. The number of rotatable bonds is 3. The number of aryl methyl sites for hydroxylation is 4. The Morgan fingerprint density at radius 1 is 1.20 bits per heavy atom. The second-order valence-electron chi connectivity index (χ2n) is 5.36. The SMILES string of the molecule is Cc1ccc(C(N)Cn2c(C)nc(C)cc2=O)c(C)c1. The number of nitrogens with zero attached hydrogens (tertiary/aromatic N) is 2. The second kappa shape index (κ2) is 5.59. The van der Waals surface area contributed by atoms with Crippen molar-refractivity contribution in [3.8, 4) is 0 Å². The van der Waals surface area contributed by atoms with E-state index in [1.807, 2.05) is 32.9 Å². The molecule has 0 fully saturated rings. The van der Waals surface area contributed by atoms with Crippen LogP contribution < -0.4 is 11.3 Å². The molecule has 2 rings (SSSR count). The zero-order chi connectivity index (χ0) is 14.9. The van der Waals surface area contributed by atoms with Crippen molar-refractivity contribution in [3.05, 3.63) is 62.8 Å². The van der Waals surface area contributed by atoms with Gasteiger partial charge in [-0.25, -0.2) is 4.98 Å². The molecule has 0 bridgehead atoms. The number of aromatic nitrogens is 2. The summed E-state index contributed by atoms with van der Waals surface area (Å²) in [5.74, 6) is 0.704. The Morgan fingerprint density at radius 3 is 2.50 bits per heavy atom. The molecule has 1 heterocycles. The van der Waals surface area contributed by atoms with Crippen molar-refractivity contribution in [2.75, 3.05) is 0 Å². The van der Waals surface area contributed by atoms with E-state index in [9.17, 15) is 4.79 Å². The first kappa shape index (κ1) is 14.5. The summed E-state index contributed by atoms with van der Waals surface area (Å²) in [5, 5.41) is 0. The highest BCUT2D eigenvalue weighted by Crippen LogP contribution is 2.18. The first-order valence-electron chi connectivity index (χ1n) is 6.76. The summed E-state index contributed by atoms with van der Waals surface area (Å²) in [6.07, 6.45) is 0. The number of nitrogens with two attached hydrogens (primary N) is 1. The van der Waals surface area contributed by atoms with Gasteiger partial charge in [0, 0.05) is 24.3 Å². The largest absolute Gasteiger partial charge is 0.322 e. The number of hydrogen-bond donors (Lipinski definition) is 1. The lowest BCUT2D eigenvalue weighted by atomic mass is 9.99. The summed E-state index contributed by atoms with van der Waals surface area (Å²) in [5.41, 5.74) is 10.4. The average Bonchev–Trinajstić information content (AvgIpc) is 2.33. The van der Waals surface area contributed by atoms with E-state index in [1.54, 1.807) is 10.6 Å². The van der Waals surface area contributed by atoms with Crippen LogP contribution >= 0.6 is 0 Å². The zero-order valence-corrected chi connectivity index (χ0v) is 12.5. The molecule has 0 aliphatic rings. The van der Waals surface area contributed by atoms with E-state index in [0.717, 1.165) is 16.8 Å². The van der Waals surface area contributed by atoms with Gasteiger partial charge in [0.05, 0.1) is 0 Å². The van der Waals surface area contributed by atoms with Crippen molar-refractivity contribution >= 4 is 0 Å².